The smallest absolute Gasteiger partial charge is 0.337 e. The van der Waals surface area contributed by atoms with E-state index >= 15 is 0 Å². The number of amides is 1. The number of carbonyl (C=O) groups excluding carboxylic acids is 2. The van der Waals surface area contributed by atoms with Crippen molar-refractivity contribution in [2.75, 3.05) is 12.0 Å². The molecule has 3 aromatic rings. The number of halogens is 1. The van der Waals surface area contributed by atoms with Gasteiger partial charge in [-0.05, 0) is 48.0 Å². The Balaban J connectivity index is 1.86. The molecule has 4 nitrogen and oxygen atoms in total. The zero-order chi connectivity index (χ0) is 19.7. The summed E-state index contributed by atoms with van der Waals surface area (Å²) in [6.45, 7) is 0.339. The SMILES string of the molecule is COC(=O)c1ccc2c(c1)N(Cc1cccc(Cl)c1)C(=O)c1ccccc1S2. The van der Waals surface area contributed by atoms with Crippen LogP contribution in [0.2, 0.25) is 5.02 Å². The van der Waals surface area contributed by atoms with Crippen molar-refractivity contribution < 1.29 is 14.3 Å². The number of hydrogen-bond donors (Lipinski definition) is 0. The van der Waals surface area contributed by atoms with Gasteiger partial charge in [-0.25, -0.2) is 4.79 Å². The third-order valence-electron chi connectivity index (χ3n) is 4.48. The molecular weight excluding hydrogens is 394 g/mol. The van der Waals surface area contributed by atoms with Crippen molar-refractivity contribution in [2.24, 2.45) is 0 Å². The lowest BCUT2D eigenvalue weighted by molar-refractivity contribution is 0.0600. The van der Waals surface area contributed by atoms with Crippen molar-refractivity contribution in [3.63, 3.8) is 0 Å². The first-order chi connectivity index (χ1) is 13.6. The number of anilines is 1. The molecule has 0 fully saturated rings. The Bertz CT molecular complexity index is 1080. The molecule has 1 aliphatic rings. The van der Waals surface area contributed by atoms with E-state index in [1.54, 1.807) is 23.1 Å². The van der Waals surface area contributed by atoms with Crippen LogP contribution >= 0.6 is 23.4 Å². The molecule has 140 valence electrons. The van der Waals surface area contributed by atoms with Gasteiger partial charge in [-0.15, -0.1) is 0 Å². The average Bonchev–Trinajstić information content (AvgIpc) is 2.82. The van der Waals surface area contributed by atoms with E-state index in [2.05, 4.69) is 0 Å². The van der Waals surface area contributed by atoms with Crippen LogP contribution in [-0.2, 0) is 11.3 Å². The summed E-state index contributed by atoms with van der Waals surface area (Å²) in [5, 5.41) is 0.609. The summed E-state index contributed by atoms with van der Waals surface area (Å²) < 4.78 is 4.85. The van der Waals surface area contributed by atoms with E-state index < -0.39 is 5.97 Å². The van der Waals surface area contributed by atoms with Gasteiger partial charge in [0.15, 0.2) is 0 Å². The van der Waals surface area contributed by atoms with E-state index in [1.807, 2.05) is 48.5 Å². The van der Waals surface area contributed by atoms with Gasteiger partial charge >= 0.3 is 5.97 Å². The van der Waals surface area contributed by atoms with Gasteiger partial charge in [0.2, 0.25) is 0 Å². The Morgan fingerprint density at radius 2 is 1.86 bits per heavy atom. The number of carbonyl (C=O) groups is 2. The van der Waals surface area contributed by atoms with Crippen molar-refractivity contribution in [1.82, 2.24) is 0 Å². The number of nitrogens with zero attached hydrogens (tertiary/aromatic N) is 1. The van der Waals surface area contributed by atoms with E-state index in [4.69, 9.17) is 16.3 Å². The first-order valence-electron chi connectivity index (χ1n) is 8.62. The lowest BCUT2D eigenvalue weighted by Gasteiger charge is -2.23. The van der Waals surface area contributed by atoms with E-state index in [9.17, 15) is 9.59 Å². The van der Waals surface area contributed by atoms with Gasteiger partial charge in [0.1, 0.15) is 0 Å². The van der Waals surface area contributed by atoms with Crippen molar-refractivity contribution >= 4 is 40.9 Å². The number of hydrogen-bond acceptors (Lipinski definition) is 4. The van der Waals surface area contributed by atoms with E-state index in [-0.39, 0.29) is 5.91 Å². The Morgan fingerprint density at radius 3 is 2.64 bits per heavy atom. The van der Waals surface area contributed by atoms with Crippen LogP contribution in [0.1, 0.15) is 26.3 Å². The Morgan fingerprint density at radius 1 is 1.04 bits per heavy atom. The van der Waals surface area contributed by atoms with Gasteiger partial charge in [0.05, 0.1) is 30.5 Å². The maximum absolute atomic E-state index is 13.4. The lowest BCUT2D eigenvalue weighted by atomic mass is 10.1. The van der Waals surface area contributed by atoms with E-state index in [0.717, 1.165) is 15.4 Å². The molecule has 0 spiro atoms. The highest BCUT2D eigenvalue weighted by Gasteiger charge is 2.28. The fraction of sp³-hybridized carbons (Fsp3) is 0.0909. The van der Waals surface area contributed by atoms with Crippen molar-refractivity contribution in [3.8, 4) is 0 Å². The molecule has 1 aliphatic heterocycles. The predicted octanol–water partition coefficient (Wildman–Crippen LogP) is 5.44. The van der Waals surface area contributed by atoms with Crippen molar-refractivity contribution in [2.45, 2.75) is 16.3 Å². The van der Waals surface area contributed by atoms with Crippen LogP contribution in [0.25, 0.3) is 0 Å². The quantitative estimate of drug-likeness (QED) is 0.540. The van der Waals surface area contributed by atoms with Gasteiger partial charge in [-0.1, -0.05) is 47.6 Å². The molecular formula is C22H16ClNO3S. The van der Waals surface area contributed by atoms with Gasteiger partial charge < -0.3 is 9.64 Å². The summed E-state index contributed by atoms with van der Waals surface area (Å²) in [5.41, 5.74) is 2.61. The second-order valence-electron chi connectivity index (χ2n) is 6.29. The van der Waals surface area contributed by atoms with Crippen LogP contribution in [0.4, 0.5) is 5.69 Å². The van der Waals surface area contributed by atoms with Crippen LogP contribution in [0.15, 0.2) is 76.5 Å². The van der Waals surface area contributed by atoms with Gasteiger partial charge in [0.25, 0.3) is 5.91 Å². The molecule has 0 radical (unpaired) electrons. The number of methoxy groups -OCH3 is 1. The summed E-state index contributed by atoms with van der Waals surface area (Å²) in [6, 6.07) is 20.2. The highest BCUT2D eigenvalue weighted by molar-refractivity contribution is 7.99. The second-order valence-corrected chi connectivity index (χ2v) is 7.81. The number of ether oxygens (including phenoxy) is 1. The van der Waals surface area contributed by atoms with E-state index in [1.165, 1.54) is 18.9 Å². The minimum absolute atomic E-state index is 0.121. The van der Waals surface area contributed by atoms with E-state index in [0.29, 0.717) is 28.4 Å². The monoisotopic (exact) mass is 409 g/mol. The van der Waals surface area contributed by atoms with Crippen LogP contribution < -0.4 is 4.90 Å². The molecule has 0 unspecified atom stereocenters. The van der Waals surface area contributed by atoms with Crippen LogP contribution in [0.3, 0.4) is 0 Å². The number of esters is 1. The maximum Gasteiger partial charge on any atom is 0.337 e. The Hall–Kier alpha value is -2.76. The fourth-order valence-electron chi connectivity index (χ4n) is 3.14. The topological polar surface area (TPSA) is 46.6 Å². The first-order valence-corrected chi connectivity index (χ1v) is 9.82. The minimum Gasteiger partial charge on any atom is -0.465 e. The molecule has 0 N–H and O–H groups in total. The third kappa shape index (κ3) is 3.51. The summed E-state index contributed by atoms with van der Waals surface area (Å²) in [6.07, 6.45) is 0. The molecule has 6 heteroatoms. The molecule has 1 heterocycles. The highest BCUT2D eigenvalue weighted by atomic mass is 35.5. The first kappa shape index (κ1) is 18.6. The number of benzene rings is 3. The van der Waals surface area contributed by atoms with Gasteiger partial charge in [-0.2, -0.15) is 0 Å². The summed E-state index contributed by atoms with van der Waals surface area (Å²) in [4.78, 5) is 28.9. The largest absolute Gasteiger partial charge is 0.465 e. The van der Waals surface area contributed by atoms with Crippen LogP contribution in [0.5, 0.6) is 0 Å². The summed E-state index contributed by atoms with van der Waals surface area (Å²) in [5.74, 6) is -0.562. The van der Waals surface area contributed by atoms with Gasteiger partial charge in [0, 0.05) is 14.8 Å². The number of rotatable bonds is 3. The Kier molecular flexibility index (Phi) is 5.11. The molecule has 1 amide bonds. The number of fused-ring (bicyclic) bond motifs is 2. The van der Waals surface area contributed by atoms with Crippen LogP contribution in [-0.4, -0.2) is 19.0 Å². The summed E-state index contributed by atoms with van der Waals surface area (Å²) >= 11 is 7.64. The summed E-state index contributed by atoms with van der Waals surface area (Å²) in [7, 11) is 1.34. The highest BCUT2D eigenvalue weighted by Crippen LogP contribution is 2.42. The molecule has 0 aliphatic carbocycles. The van der Waals surface area contributed by atoms with Crippen molar-refractivity contribution in [1.29, 1.82) is 0 Å². The van der Waals surface area contributed by atoms with Crippen LogP contribution in [0, 0.1) is 0 Å². The third-order valence-corrected chi connectivity index (χ3v) is 5.86. The zero-order valence-corrected chi connectivity index (χ0v) is 16.6. The molecule has 0 aromatic heterocycles. The molecule has 28 heavy (non-hydrogen) atoms. The lowest BCUT2D eigenvalue weighted by Crippen LogP contribution is -2.30. The zero-order valence-electron chi connectivity index (χ0n) is 15.0. The predicted molar refractivity (Wildman–Crippen MR) is 110 cm³/mol. The second kappa shape index (κ2) is 7.70. The van der Waals surface area contributed by atoms with Gasteiger partial charge in [-0.3, -0.25) is 4.79 Å². The molecule has 0 saturated heterocycles. The average molecular weight is 410 g/mol. The minimum atomic E-state index is -0.440. The van der Waals surface area contributed by atoms with Crippen molar-refractivity contribution in [3.05, 3.63) is 88.4 Å². The molecule has 0 saturated carbocycles. The molecule has 0 atom stereocenters. The maximum atomic E-state index is 13.4. The molecule has 4 rings (SSSR count). The molecule has 0 bridgehead atoms. The fourth-order valence-corrected chi connectivity index (χ4v) is 4.41. The standard InChI is InChI=1S/C22H16ClNO3S/c1-27-22(26)15-9-10-20-18(12-15)24(13-14-5-4-6-16(23)11-14)21(25)17-7-2-3-8-19(17)28-20/h2-12H,13H2,1H3. The Labute approximate surface area is 172 Å². The molecule has 3 aromatic carbocycles. The normalized spacial score (nSPS) is 12.8.